The van der Waals surface area contributed by atoms with E-state index in [1.807, 2.05) is 0 Å². The van der Waals surface area contributed by atoms with E-state index in [0.717, 1.165) is 17.9 Å². The van der Waals surface area contributed by atoms with Crippen molar-refractivity contribution in [3.63, 3.8) is 0 Å². The van der Waals surface area contributed by atoms with Gasteiger partial charge in [0, 0.05) is 25.3 Å². The molecule has 1 unspecified atom stereocenters. The van der Waals surface area contributed by atoms with Gasteiger partial charge in [-0.25, -0.2) is 0 Å². The average Bonchev–Trinajstić information content (AvgIpc) is 3.14. The molecule has 1 atom stereocenters. The Balaban J connectivity index is 1.29. The van der Waals surface area contributed by atoms with Crippen molar-refractivity contribution in [3.8, 4) is 0 Å². The van der Waals surface area contributed by atoms with Crippen molar-refractivity contribution in [2.75, 3.05) is 64.7 Å². The van der Waals surface area contributed by atoms with Crippen LogP contribution in [0, 0.1) is 0 Å². The number of unbranched alkanes of at least 4 members (excludes halogenated alkanes) is 2. The number of nitrogens with one attached hydrogen (secondary N) is 2. The molecule has 1 aromatic carbocycles. The Labute approximate surface area is 217 Å². The molecule has 2 N–H and O–H groups in total. The summed E-state index contributed by atoms with van der Waals surface area (Å²) in [5.74, 6) is -2.11. The minimum Gasteiger partial charge on any atom is -0.382 e. The standard InChI is InChI=1S/C26H37N3O8/c1-2-3-4-11-34-13-15-36-17-18-37-16-14-35-12-10-27-20-7-5-6-19-23(20)26(33)29(25(19)32)21-8-9-22(30)28-24(21)31/h5-7,21,27H,2-4,8-18H2,1H3,(H,28,30,31). The number of nitrogens with zero attached hydrogens (tertiary/aromatic N) is 1. The second-order valence-corrected chi connectivity index (χ2v) is 8.76. The van der Waals surface area contributed by atoms with Crippen molar-refractivity contribution in [1.82, 2.24) is 10.2 Å². The van der Waals surface area contributed by atoms with Gasteiger partial charge in [-0.3, -0.25) is 29.4 Å². The lowest BCUT2D eigenvalue weighted by Crippen LogP contribution is -2.54. The van der Waals surface area contributed by atoms with E-state index in [4.69, 9.17) is 18.9 Å². The molecule has 0 spiro atoms. The van der Waals surface area contributed by atoms with E-state index in [2.05, 4.69) is 17.6 Å². The molecule has 37 heavy (non-hydrogen) atoms. The van der Waals surface area contributed by atoms with Crippen molar-refractivity contribution in [1.29, 1.82) is 0 Å². The van der Waals surface area contributed by atoms with Crippen LogP contribution in [0.5, 0.6) is 0 Å². The molecule has 0 aliphatic carbocycles. The third-order valence-electron chi connectivity index (χ3n) is 6.04. The molecular formula is C26H37N3O8. The normalized spacial score (nSPS) is 17.3. The van der Waals surface area contributed by atoms with Crippen LogP contribution in [-0.2, 0) is 28.5 Å². The Morgan fingerprint density at radius 1 is 0.865 bits per heavy atom. The monoisotopic (exact) mass is 519 g/mol. The summed E-state index contributed by atoms with van der Waals surface area (Å²) in [4.78, 5) is 50.5. The first kappa shape index (κ1) is 28.7. The summed E-state index contributed by atoms with van der Waals surface area (Å²) in [6, 6.07) is 3.95. The highest BCUT2D eigenvalue weighted by Crippen LogP contribution is 2.32. The molecule has 3 rings (SSSR count). The van der Waals surface area contributed by atoms with Gasteiger partial charge in [0.2, 0.25) is 11.8 Å². The fraction of sp³-hybridized carbons (Fsp3) is 0.615. The molecular weight excluding hydrogens is 482 g/mol. The van der Waals surface area contributed by atoms with Gasteiger partial charge in [0.25, 0.3) is 11.8 Å². The Morgan fingerprint density at radius 2 is 1.51 bits per heavy atom. The Kier molecular flexibility index (Phi) is 12.0. The molecule has 204 valence electrons. The number of piperidine rings is 1. The van der Waals surface area contributed by atoms with Gasteiger partial charge in [-0.1, -0.05) is 25.8 Å². The summed E-state index contributed by atoms with van der Waals surface area (Å²) >= 11 is 0. The zero-order chi connectivity index (χ0) is 26.5. The van der Waals surface area contributed by atoms with E-state index in [0.29, 0.717) is 58.5 Å². The first-order valence-corrected chi connectivity index (χ1v) is 12.9. The zero-order valence-electron chi connectivity index (χ0n) is 21.4. The molecule has 1 fully saturated rings. The van der Waals surface area contributed by atoms with E-state index in [-0.39, 0.29) is 24.0 Å². The number of ether oxygens (including phenoxy) is 4. The van der Waals surface area contributed by atoms with Crippen LogP contribution in [0.2, 0.25) is 0 Å². The van der Waals surface area contributed by atoms with Gasteiger partial charge in [-0.15, -0.1) is 0 Å². The Hall–Kier alpha value is -2.86. The first-order valence-electron chi connectivity index (χ1n) is 12.9. The number of anilines is 1. The number of hydrogen-bond acceptors (Lipinski definition) is 9. The van der Waals surface area contributed by atoms with Gasteiger partial charge in [-0.2, -0.15) is 0 Å². The van der Waals surface area contributed by atoms with Gasteiger partial charge in [0.1, 0.15) is 6.04 Å². The molecule has 1 aromatic rings. The molecule has 0 bridgehead atoms. The first-order chi connectivity index (χ1) is 18.0. The Morgan fingerprint density at radius 3 is 2.16 bits per heavy atom. The maximum atomic E-state index is 13.1. The number of imide groups is 2. The summed E-state index contributed by atoms with van der Waals surface area (Å²) in [6.45, 7) is 6.71. The van der Waals surface area contributed by atoms with Crippen LogP contribution in [-0.4, -0.2) is 94.0 Å². The summed E-state index contributed by atoms with van der Waals surface area (Å²) in [6.07, 6.45) is 3.66. The number of hydrogen-bond donors (Lipinski definition) is 2. The van der Waals surface area contributed by atoms with E-state index in [9.17, 15) is 19.2 Å². The van der Waals surface area contributed by atoms with E-state index in [1.54, 1.807) is 18.2 Å². The van der Waals surface area contributed by atoms with Crippen molar-refractivity contribution in [2.45, 2.75) is 45.1 Å². The van der Waals surface area contributed by atoms with E-state index >= 15 is 0 Å². The molecule has 1 saturated heterocycles. The maximum Gasteiger partial charge on any atom is 0.264 e. The van der Waals surface area contributed by atoms with Gasteiger partial charge < -0.3 is 24.3 Å². The zero-order valence-corrected chi connectivity index (χ0v) is 21.4. The van der Waals surface area contributed by atoms with Gasteiger partial charge >= 0.3 is 0 Å². The second kappa shape index (κ2) is 15.4. The van der Waals surface area contributed by atoms with E-state index < -0.39 is 29.7 Å². The van der Waals surface area contributed by atoms with Crippen LogP contribution in [0.15, 0.2) is 18.2 Å². The minimum atomic E-state index is -0.990. The quantitative estimate of drug-likeness (QED) is 0.220. The van der Waals surface area contributed by atoms with Gasteiger partial charge in [-0.05, 0) is 25.0 Å². The van der Waals surface area contributed by atoms with Gasteiger partial charge in [0.15, 0.2) is 0 Å². The number of rotatable bonds is 18. The van der Waals surface area contributed by atoms with Crippen molar-refractivity contribution in [3.05, 3.63) is 29.3 Å². The van der Waals surface area contributed by atoms with Crippen LogP contribution in [0.3, 0.4) is 0 Å². The highest BCUT2D eigenvalue weighted by molar-refractivity contribution is 6.25. The molecule has 0 aromatic heterocycles. The van der Waals surface area contributed by atoms with Crippen molar-refractivity contribution in [2.24, 2.45) is 0 Å². The lowest BCUT2D eigenvalue weighted by Gasteiger charge is -2.27. The van der Waals surface area contributed by atoms with Crippen LogP contribution >= 0.6 is 0 Å². The van der Waals surface area contributed by atoms with Crippen LogP contribution in [0.1, 0.15) is 59.7 Å². The highest BCUT2D eigenvalue weighted by Gasteiger charge is 2.45. The lowest BCUT2D eigenvalue weighted by molar-refractivity contribution is -0.136. The number of amides is 4. The van der Waals surface area contributed by atoms with Crippen LogP contribution in [0.25, 0.3) is 0 Å². The molecule has 2 aliphatic heterocycles. The fourth-order valence-electron chi connectivity index (χ4n) is 4.14. The molecule has 11 nitrogen and oxygen atoms in total. The fourth-order valence-corrected chi connectivity index (χ4v) is 4.14. The van der Waals surface area contributed by atoms with Crippen molar-refractivity contribution >= 4 is 29.3 Å². The third-order valence-corrected chi connectivity index (χ3v) is 6.04. The molecule has 2 heterocycles. The average molecular weight is 520 g/mol. The lowest BCUT2D eigenvalue weighted by atomic mass is 10.0. The third kappa shape index (κ3) is 8.32. The summed E-state index contributed by atoms with van der Waals surface area (Å²) < 4.78 is 22.0. The SMILES string of the molecule is CCCCCOCCOCCOCCOCCNc1cccc2c1C(=O)N(C1CCC(=O)NC1=O)C2=O. The highest BCUT2D eigenvalue weighted by atomic mass is 16.6. The number of fused-ring (bicyclic) bond motifs is 1. The largest absolute Gasteiger partial charge is 0.382 e. The molecule has 11 heteroatoms. The predicted octanol–water partition coefficient (Wildman–Crippen LogP) is 1.76. The minimum absolute atomic E-state index is 0.0805. The summed E-state index contributed by atoms with van der Waals surface area (Å²) in [5.41, 5.74) is 0.961. The predicted molar refractivity (Wildman–Crippen MR) is 134 cm³/mol. The van der Waals surface area contributed by atoms with Crippen LogP contribution in [0.4, 0.5) is 5.69 Å². The second-order valence-electron chi connectivity index (χ2n) is 8.76. The number of carbonyl (C=O) groups is 4. The Bertz CT molecular complexity index is 938. The number of benzene rings is 1. The molecule has 0 saturated carbocycles. The smallest absolute Gasteiger partial charge is 0.264 e. The molecule has 4 amide bonds. The topological polar surface area (TPSA) is 132 Å². The van der Waals surface area contributed by atoms with Crippen LogP contribution < -0.4 is 10.6 Å². The molecule has 2 aliphatic rings. The van der Waals surface area contributed by atoms with Gasteiger partial charge in [0.05, 0.1) is 57.4 Å². The number of carbonyl (C=O) groups excluding carboxylic acids is 4. The molecule has 0 radical (unpaired) electrons. The summed E-state index contributed by atoms with van der Waals surface area (Å²) in [5, 5.41) is 5.33. The van der Waals surface area contributed by atoms with Crippen molar-refractivity contribution < 1.29 is 38.1 Å². The maximum absolute atomic E-state index is 13.1. The van der Waals surface area contributed by atoms with E-state index in [1.165, 1.54) is 12.8 Å². The summed E-state index contributed by atoms with van der Waals surface area (Å²) in [7, 11) is 0.